The molecule has 17 heavy (non-hydrogen) atoms. The SMILES string of the molecule is CC(C)(C)N1CCN(C(C)(C)C)[CH]1[Sn]([CH3])([CH3])[CH3]. The van der Waals surface area contributed by atoms with E-state index in [1.165, 1.54) is 13.1 Å². The predicted octanol–water partition coefficient (Wildman–Crippen LogP) is 3.40. The number of hydrogen-bond donors (Lipinski definition) is 0. The molecule has 0 spiro atoms. The normalized spacial score (nSPS) is 22.4. The number of nitrogens with zero attached hydrogens (tertiary/aromatic N) is 2. The van der Waals surface area contributed by atoms with Gasteiger partial charge in [-0.3, -0.25) is 0 Å². The van der Waals surface area contributed by atoms with Crippen molar-refractivity contribution in [2.24, 2.45) is 0 Å². The summed E-state index contributed by atoms with van der Waals surface area (Å²) in [5.74, 6) is 0. The molecule has 2 nitrogen and oxygen atoms in total. The van der Waals surface area contributed by atoms with E-state index in [0.717, 1.165) is 4.18 Å². The molecule has 0 aromatic heterocycles. The van der Waals surface area contributed by atoms with E-state index in [2.05, 4.69) is 66.2 Å². The monoisotopic (exact) mass is 348 g/mol. The molecular formula is C14H32N2Sn. The number of hydrogen-bond acceptors (Lipinski definition) is 2. The molecule has 1 aliphatic heterocycles. The molecule has 3 heteroatoms. The van der Waals surface area contributed by atoms with E-state index in [0.29, 0.717) is 11.1 Å². The van der Waals surface area contributed by atoms with Gasteiger partial charge >= 0.3 is 113 Å². The first-order valence-electron chi connectivity index (χ1n) is 6.88. The van der Waals surface area contributed by atoms with Gasteiger partial charge in [0.15, 0.2) is 0 Å². The summed E-state index contributed by atoms with van der Waals surface area (Å²) in [4.78, 5) is 13.2. The van der Waals surface area contributed by atoms with Gasteiger partial charge in [-0.25, -0.2) is 0 Å². The van der Waals surface area contributed by atoms with Crippen molar-refractivity contribution in [2.45, 2.75) is 71.6 Å². The number of rotatable bonds is 1. The molecule has 1 rings (SSSR count). The van der Waals surface area contributed by atoms with Crippen LogP contribution in [0.4, 0.5) is 0 Å². The fourth-order valence-electron chi connectivity index (χ4n) is 2.97. The van der Waals surface area contributed by atoms with Crippen LogP contribution >= 0.6 is 0 Å². The van der Waals surface area contributed by atoms with Crippen LogP contribution in [0.5, 0.6) is 0 Å². The summed E-state index contributed by atoms with van der Waals surface area (Å²) in [6.45, 7) is 16.7. The Morgan fingerprint density at radius 3 is 1.24 bits per heavy atom. The van der Waals surface area contributed by atoms with Crippen LogP contribution in [-0.2, 0) is 0 Å². The predicted molar refractivity (Wildman–Crippen MR) is 80.1 cm³/mol. The standard InChI is InChI=1S/C11H23N2.3CH3.Sn/c1-10(2,3)12-7-8-13(9-12)11(4,5)6;;;;/h9H,7-8H2,1-6H3;3*1H3;. The summed E-state index contributed by atoms with van der Waals surface area (Å²) < 4.78 is 0.740. The summed E-state index contributed by atoms with van der Waals surface area (Å²) in [5, 5.41) is 0. The van der Waals surface area contributed by atoms with Crippen molar-refractivity contribution in [3.05, 3.63) is 0 Å². The summed E-state index contributed by atoms with van der Waals surface area (Å²) in [6.07, 6.45) is 0. The zero-order valence-electron chi connectivity index (χ0n) is 13.4. The molecule has 0 atom stereocenters. The third-order valence-corrected chi connectivity index (χ3v) is 9.87. The second-order valence-corrected chi connectivity index (χ2v) is 23.4. The van der Waals surface area contributed by atoms with E-state index in [1.54, 1.807) is 0 Å². The van der Waals surface area contributed by atoms with Crippen molar-refractivity contribution >= 4 is 18.4 Å². The van der Waals surface area contributed by atoms with Gasteiger partial charge in [0.05, 0.1) is 0 Å². The minimum atomic E-state index is -1.99. The quantitative estimate of drug-likeness (QED) is 0.671. The van der Waals surface area contributed by atoms with E-state index in [4.69, 9.17) is 0 Å². The van der Waals surface area contributed by atoms with Gasteiger partial charge in [-0.05, 0) is 0 Å². The average molecular weight is 347 g/mol. The molecular weight excluding hydrogens is 315 g/mol. The van der Waals surface area contributed by atoms with Crippen molar-refractivity contribution in [2.75, 3.05) is 13.1 Å². The zero-order chi connectivity index (χ0) is 13.6. The van der Waals surface area contributed by atoms with E-state index in [-0.39, 0.29) is 0 Å². The van der Waals surface area contributed by atoms with Crippen LogP contribution in [0, 0.1) is 0 Å². The second kappa shape index (κ2) is 4.68. The van der Waals surface area contributed by atoms with Crippen LogP contribution in [0.25, 0.3) is 0 Å². The molecule has 0 aliphatic carbocycles. The Balaban J connectivity index is 3.08. The average Bonchev–Trinajstić information content (AvgIpc) is 2.42. The first kappa shape index (κ1) is 15.8. The molecule has 0 N–H and O–H groups in total. The van der Waals surface area contributed by atoms with Crippen LogP contribution < -0.4 is 0 Å². The van der Waals surface area contributed by atoms with Gasteiger partial charge in [0.25, 0.3) is 0 Å². The Morgan fingerprint density at radius 2 is 1.06 bits per heavy atom. The molecule has 0 unspecified atom stereocenters. The molecule has 0 aromatic carbocycles. The third kappa shape index (κ3) is 3.60. The summed E-state index contributed by atoms with van der Waals surface area (Å²) in [7, 11) is 0. The molecule has 1 fully saturated rings. The van der Waals surface area contributed by atoms with Gasteiger partial charge in [-0.15, -0.1) is 0 Å². The Hall–Kier alpha value is 0.719. The molecule has 102 valence electrons. The van der Waals surface area contributed by atoms with Crippen molar-refractivity contribution in [3.63, 3.8) is 0 Å². The first-order valence-corrected chi connectivity index (χ1v) is 17.1. The summed E-state index contributed by atoms with van der Waals surface area (Å²) in [5.41, 5.74) is 0.601. The van der Waals surface area contributed by atoms with Gasteiger partial charge in [0.1, 0.15) is 0 Å². The van der Waals surface area contributed by atoms with Crippen LogP contribution in [0.2, 0.25) is 14.8 Å². The van der Waals surface area contributed by atoms with E-state index >= 15 is 0 Å². The van der Waals surface area contributed by atoms with Crippen molar-refractivity contribution in [3.8, 4) is 0 Å². The van der Waals surface area contributed by atoms with Gasteiger partial charge < -0.3 is 0 Å². The Bertz CT molecular complexity index is 245. The maximum atomic E-state index is 2.76. The van der Waals surface area contributed by atoms with Crippen LogP contribution in [-0.4, -0.2) is 56.5 Å². The maximum absolute atomic E-state index is 2.76. The van der Waals surface area contributed by atoms with Crippen LogP contribution in [0.3, 0.4) is 0 Å². The van der Waals surface area contributed by atoms with Crippen LogP contribution in [0.1, 0.15) is 41.5 Å². The molecule has 0 bridgehead atoms. The van der Waals surface area contributed by atoms with Crippen LogP contribution in [0.15, 0.2) is 0 Å². The Labute approximate surface area is 113 Å². The molecule has 0 amide bonds. The van der Waals surface area contributed by atoms with Crippen molar-refractivity contribution < 1.29 is 0 Å². The summed E-state index contributed by atoms with van der Waals surface area (Å²) >= 11 is -1.99. The summed E-state index contributed by atoms with van der Waals surface area (Å²) in [6, 6.07) is 0. The minimum absolute atomic E-state index is 0.300. The topological polar surface area (TPSA) is 6.48 Å². The third-order valence-electron chi connectivity index (χ3n) is 3.67. The Kier molecular flexibility index (Phi) is 4.34. The molecule has 1 heterocycles. The van der Waals surface area contributed by atoms with Gasteiger partial charge in [-0.2, -0.15) is 0 Å². The first-order chi connectivity index (χ1) is 7.35. The van der Waals surface area contributed by atoms with Gasteiger partial charge in [0, 0.05) is 0 Å². The second-order valence-electron chi connectivity index (χ2n) is 8.47. The van der Waals surface area contributed by atoms with Gasteiger partial charge in [0.2, 0.25) is 0 Å². The fourth-order valence-corrected chi connectivity index (χ4v) is 11.3. The van der Waals surface area contributed by atoms with Crippen molar-refractivity contribution in [1.29, 1.82) is 0 Å². The van der Waals surface area contributed by atoms with E-state index in [9.17, 15) is 0 Å². The molecule has 0 radical (unpaired) electrons. The fraction of sp³-hybridized carbons (Fsp3) is 1.00. The molecule has 0 aromatic rings. The van der Waals surface area contributed by atoms with E-state index in [1.807, 2.05) is 0 Å². The van der Waals surface area contributed by atoms with Gasteiger partial charge in [-0.1, -0.05) is 0 Å². The Morgan fingerprint density at radius 1 is 0.765 bits per heavy atom. The zero-order valence-corrected chi connectivity index (χ0v) is 16.2. The van der Waals surface area contributed by atoms with Crippen molar-refractivity contribution in [1.82, 2.24) is 9.80 Å². The molecule has 0 saturated carbocycles. The molecule has 1 aliphatic rings. The van der Waals surface area contributed by atoms with E-state index < -0.39 is 18.4 Å². The molecule has 1 saturated heterocycles.